The second-order valence-corrected chi connectivity index (χ2v) is 12.2. The molecule has 5 atom stereocenters. The monoisotopic (exact) mass is 644 g/mol. The number of hydrogen-bond donors (Lipinski definition) is 0. The van der Waals surface area contributed by atoms with E-state index in [9.17, 15) is 0 Å². The molecular weight excluding hydrogens is 600 g/mol. The molecule has 0 aliphatic carbocycles. The SMILES string of the molecule is Cc1cccc(C)c1O[C@@H]1O[C@H](COCc2ccccc2)[C@H](OCc2ccccc2)[C@H](OCc2ccccc2)[C@H]1OCc1ccccc1. The molecule has 6 nitrogen and oxygen atoms in total. The first-order valence-electron chi connectivity index (χ1n) is 16.6. The van der Waals surface area contributed by atoms with Crippen LogP contribution in [0.2, 0.25) is 0 Å². The van der Waals surface area contributed by atoms with E-state index < -0.39 is 30.7 Å². The molecule has 6 heteroatoms. The van der Waals surface area contributed by atoms with Gasteiger partial charge in [0.15, 0.2) is 0 Å². The lowest BCUT2D eigenvalue weighted by molar-refractivity contribution is -0.310. The average molecular weight is 645 g/mol. The minimum atomic E-state index is -0.795. The predicted molar refractivity (Wildman–Crippen MR) is 186 cm³/mol. The topological polar surface area (TPSA) is 55.4 Å². The molecule has 6 rings (SSSR count). The molecule has 0 amide bonds. The molecule has 5 aromatic rings. The maximum atomic E-state index is 6.85. The largest absolute Gasteiger partial charge is 0.461 e. The fraction of sp³-hybridized carbons (Fsp3) is 0.286. The number of rotatable bonds is 15. The van der Waals surface area contributed by atoms with Crippen LogP contribution in [0.15, 0.2) is 140 Å². The summed E-state index contributed by atoms with van der Waals surface area (Å²) >= 11 is 0. The summed E-state index contributed by atoms with van der Waals surface area (Å²) in [6.07, 6.45) is -3.01. The van der Waals surface area contributed by atoms with Gasteiger partial charge in [0.2, 0.25) is 6.29 Å². The molecule has 248 valence electrons. The van der Waals surface area contributed by atoms with Gasteiger partial charge in [0.25, 0.3) is 0 Å². The van der Waals surface area contributed by atoms with Crippen LogP contribution in [0.25, 0.3) is 0 Å². The van der Waals surface area contributed by atoms with Gasteiger partial charge in [-0.2, -0.15) is 0 Å². The zero-order valence-corrected chi connectivity index (χ0v) is 27.7. The van der Waals surface area contributed by atoms with Crippen LogP contribution < -0.4 is 4.74 Å². The third-order valence-corrected chi connectivity index (χ3v) is 8.48. The Morgan fingerprint density at radius 3 is 1.35 bits per heavy atom. The van der Waals surface area contributed by atoms with E-state index in [2.05, 4.69) is 48.5 Å². The van der Waals surface area contributed by atoms with Crippen LogP contribution >= 0.6 is 0 Å². The summed E-state index contributed by atoms with van der Waals surface area (Å²) in [6.45, 7) is 5.91. The minimum Gasteiger partial charge on any atom is -0.461 e. The Labute approximate surface area is 284 Å². The van der Waals surface area contributed by atoms with Crippen LogP contribution in [-0.4, -0.2) is 37.3 Å². The Bertz CT molecular complexity index is 1630. The molecular formula is C42H44O6. The zero-order valence-electron chi connectivity index (χ0n) is 27.7. The number of ether oxygens (including phenoxy) is 6. The molecule has 0 spiro atoms. The van der Waals surface area contributed by atoms with Crippen molar-refractivity contribution < 1.29 is 28.4 Å². The minimum absolute atomic E-state index is 0.275. The highest BCUT2D eigenvalue weighted by atomic mass is 16.7. The lowest BCUT2D eigenvalue weighted by Crippen LogP contribution is -2.62. The Morgan fingerprint density at radius 1 is 0.458 bits per heavy atom. The number of aryl methyl sites for hydroxylation is 2. The highest BCUT2D eigenvalue weighted by Crippen LogP contribution is 2.34. The lowest BCUT2D eigenvalue weighted by Gasteiger charge is -2.46. The normalized spacial score (nSPS) is 20.8. The van der Waals surface area contributed by atoms with E-state index in [1.54, 1.807) is 0 Å². The van der Waals surface area contributed by atoms with Crippen molar-refractivity contribution in [3.05, 3.63) is 173 Å². The molecule has 1 aliphatic heterocycles. The molecule has 0 saturated carbocycles. The molecule has 1 heterocycles. The van der Waals surface area contributed by atoms with Gasteiger partial charge in [-0.3, -0.25) is 0 Å². The number of para-hydroxylation sites is 1. The highest BCUT2D eigenvalue weighted by molar-refractivity contribution is 5.40. The quantitative estimate of drug-likeness (QED) is 0.114. The van der Waals surface area contributed by atoms with Crippen molar-refractivity contribution in [2.24, 2.45) is 0 Å². The summed E-state index contributed by atoms with van der Waals surface area (Å²) in [6, 6.07) is 46.7. The molecule has 0 radical (unpaired) electrons. The smallest absolute Gasteiger partial charge is 0.229 e. The molecule has 1 fully saturated rings. The summed E-state index contributed by atoms with van der Waals surface area (Å²) in [4.78, 5) is 0. The van der Waals surface area contributed by atoms with Gasteiger partial charge in [-0.25, -0.2) is 0 Å². The molecule has 0 bridgehead atoms. The van der Waals surface area contributed by atoms with Crippen molar-refractivity contribution in [2.75, 3.05) is 6.61 Å². The van der Waals surface area contributed by atoms with Crippen LogP contribution in [0.4, 0.5) is 0 Å². The number of benzene rings is 5. The van der Waals surface area contributed by atoms with Gasteiger partial charge in [0, 0.05) is 0 Å². The van der Waals surface area contributed by atoms with Crippen molar-refractivity contribution in [1.82, 2.24) is 0 Å². The Hall–Kier alpha value is -4.30. The van der Waals surface area contributed by atoms with Crippen LogP contribution in [0.1, 0.15) is 33.4 Å². The standard InChI is InChI=1S/C42H44O6/c1-31-16-15-17-32(2)38(31)48-42-41(46-29-36-24-13-6-14-25-36)40(45-28-35-22-11-5-12-23-35)39(44-27-34-20-9-4-10-21-34)37(47-42)30-43-26-33-18-7-3-8-19-33/h3-25,37,39-42H,26-30H2,1-2H3/t37-,39+,40+,41-,42+/m1/s1. The van der Waals surface area contributed by atoms with E-state index in [-0.39, 0.29) is 6.61 Å². The van der Waals surface area contributed by atoms with E-state index in [0.717, 1.165) is 39.1 Å². The van der Waals surface area contributed by atoms with Crippen LogP contribution in [-0.2, 0) is 50.1 Å². The van der Waals surface area contributed by atoms with Crippen LogP contribution in [0, 0.1) is 13.8 Å². The van der Waals surface area contributed by atoms with Gasteiger partial charge in [-0.15, -0.1) is 0 Å². The average Bonchev–Trinajstić information content (AvgIpc) is 3.13. The first-order chi connectivity index (χ1) is 23.6. The Morgan fingerprint density at radius 2 is 0.875 bits per heavy atom. The molecule has 48 heavy (non-hydrogen) atoms. The van der Waals surface area contributed by atoms with Crippen molar-refractivity contribution in [1.29, 1.82) is 0 Å². The second kappa shape index (κ2) is 17.2. The second-order valence-electron chi connectivity index (χ2n) is 12.2. The third kappa shape index (κ3) is 9.19. The maximum absolute atomic E-state index is 6.85. The Kier molecular flexibility index (Phi) is 12.0. The summed E-state index contributed by atoms with van der Waals surface area (Å²) in [7, 11) is 0. The summed E-state index contributed by atoms with van der Waals surface area (Å²) in [5.74, 6) is 0.769. The first kappa shape index (κ1) is 33.6. The first-order valence-corrected chi connectivity index (χ1v) is 16.6. The van der Waals surface area contributed by atoms with E-state index in [1.165, 1.54) is 0 Å². The van der Waals surface area contributed by atoms with Crippen molar-refractivity contribution in [3.8, 4) is 5.75 Å². The summed E-state index contributed by atoms with van der Waals surface area (Å²) in [5.41, 5.74) is 6.26. The number of hydrogen-bond acceptors (Lipinski definition) is 6. The lowest BCUT2D eigenvalue weighted by atomic mass is 9.97. The van der Waals surface area contributed by atoms with Crippen molar-refractivity contribution in [2.45, 2.75) is 71.0 Å². The van der Waals surface area contributed by atoms with Crippen LogP contribution in [0.5, 0.6) is 5.75 Å². The van der Waals surface area contributed by atoms with Crippen LogP contribution in [0.3, 0.4) is 0 Å². The summed E-state index contributed by atoms with van der Waals surface area (Å²) in [5, 5.41) is 0. The highest BCUT2D eigenvalue weighted by Gasteiger charge is 2.50. The molecule has 0 aromatic heterocycles. The molecule has 0 N–H and O–H groups in total. The molecule has 5 aromatic carbocycles. The van der Waals surface area contributed by atoms with Gasteiger partial charge < -0.3 is 28.4 Å². The third-order valence-electron chi connectivity index (χ3n) is 8.48. The predicted octanol–water partition coefficient (Wildman–Crippen LogP) is 8.38. The van der Waals surface area contributed by atoms with E-state index in [0.29, 0.717) is 26.4 Å². The van der Waals surface area contributed by atoms with Gasteiger partial charge in [0.1, 0.15) is 30.2 Å². The summed E-state index contributed by atoms with van der Waals surface area (Å²) < 4.78 is 40.2. The van der Waals surface area contributed by atoms with Gasteiger partial charge in [-0.1, -0.05) is 140 Å². The van der Waals surface area contributed by atoms with E-state index >= 15 is 0 Å². The van der Waals surface area contributed by atoms with Crippen molar-refractivity contribution in [3.63, 3.8) is 0 Å². The fourth-order valence-corrected chi connectivity index (χ4v) is 5.94. The van der Waals surface area contributed by atoms with Gasteiger partial charge in [0.05, 0.1) is 33.0 Å². The van der Waals surface area contributed by atoms with Gasteiger partial charge in [-0.05, 0) is 47.2 Å². The zero-order chi connectivity index (χ0) is 33.0. The van der Waals surface area contributed by atoms with E-state index in [1.807, 2.05) is 105 Å². The molecule has 0 unspecified atom stereocenters. The maximum Gasteiger partial charge on any atom is 0.229 e. The van der Waals surface area contributed by atoms with Gasteiger partial charge >= 0.3 is 0 Å². The Balaban J connectivity index is 1.34. The molecule has 1 saturated heterocycles. The molecule has 1 aliphatic rings. The van der Waals surface area contributed by atoms with E-state index in [4.69, 9.17) is 28.4 Å². The fourth-order valence-electron chi connectivity index (χ4n) is 5.94. The van der Waals surface area contributed by atoms with Crippen molar-refractivity contribution >= 4 is 0 Å².